The summed E-state index contributed by atoms with van der Waals surface area (Å²) in [5, 5.41) is 2.92. The van der Waals surface area contributed by atoms with E-state index in [4.69, 9.17) is 0 Å². The Morgan fingerprint density at radius 1 is 1.59 bits per heavy atom. The highest BCUT2D eigenvalue weighted by Gasteiger charge is 2.21. The molecule has 1 saturated heterocycles. The van der Waals surface area contributed by atoms with Gasteiger partial charge in [0.25, 0.3) is 0 Å². The number of rotatable bonds is 3. The summed E-state index contributed by atoms with van der Waals surface area (Å²) >= 11 is 0. The Kier molecular flexibility index (Phi) is 3.78. The molecule has 1 aromatic rings. The Balaban J connectivity index is 2.04. The van der Waals surface area contributed by atoms with E-state index < -0.39 is 0 Å². The number of aromatic nitrogens is 2. The molecular weight excluding hydrogens is 216 g/mol. The van der Waals surface area contributed by atoms with Crippen molar-refractivity contribution in [2.45, 2.75) is 39.4 Å². The number of imidazole rings is 1. The summed E-state index contributed by atoms with van der Waals surface area (Å²) in [6, 6.07) is 0.364. The van der Waals surface area contributed by atoms with E-state index in [1.807, 2.05) is 12.4 Å². The molecule has 1 fully saturated rings. The van der Waals surface area contributed by atoms with Gasteiger partial charge in [-0.3, -0.25) is 9.69 Å². The number of hydrogen-bond donors (Lipinski definition) is 1. The minimum absolute atomic E-state index is 0.151. The molecule has 17 heavy (non-hydrogen) atoms. The first-order valence-corrected chi connectivity index (χ1v) is 6.21. The second-order valence-electron chi connectivity index (χ2n) is 4.50. The third-order valence-electron chi connectivity index (χ3n) is 3.33. The van der Waals surface area contributed by atoms with Gasteiger partial charge in [0.05, 0.1) is 6.54 Å². The van der Waals surface area contributed by atoms with E-state index in [1.165, 1.54) is 0 Å². The summed E-state index contributed by atoms with van der Waals surface area (Å²) in [5.41, 5.74) is 0. The van der Waals surface area contributed by atoms with E-state index in [0.717, 1.165) is 32.0 Å². The first kappa shape index (κ1) is 12.1. The average Bonchev–Trinajstić information content (AvgIpc) is 2.71. The van der Waals surface area contributed by atoms with Crippen LogP contribution in [0.1, 0.15) is 26.1 Å². The Morgan fingerprint density at radius 2 is 2.41 bits per heavy atom. The average molecular weight is 236 g/mol. The molecule has 1 amide bonds. The lowest BCUT2D eigenvalue weighted by Crippen LogP contribution is -2.37. The van der Waals surface area contributed by atoms with Crippen molar-refractivity contribution in [1.29, 1.82) is 0 Å². The first-order chi connectivity index (χ1) is 8.20. The van der Waals surface area contributed by atoms with Gasteiger partial charge in [-0.25, -0.2) is 4.98 Å². The molecule has 5 heteroatoms. The molecule has 94 valence electrons. The number of amides is 1. The molecule has 0 saturated carbocycles. The number of nitrogens with one attached hydrogen (secondary N) is 1. The Bertz CT molecular complexity index is 388. The highest BCUT2D eigenvalue weighted by molar-refractivity contribution is 5.76. The molecule has 1 aliphatic heterocycles. The van der Waals surface area contributed by atoms with E-state index >= 15 is 0 Å². The van der Waals surface area contributed by atoms with Gasteiger partial charge in [0, 0.05) is 44.5 Å². The minimum atomic E-state index is 0.151. The van der Waals surface area contributed by atoms with Crippen molar-refractivity contribution in [2.24, 2.45) is 0 Å². The van der Waals surface area contributed by atoms with Crippen LogP contribution < -0.4 is 5.32 Å². The van der Waals surface area contributed by atoms with Crippen molar-refractivity contribution in [3.05, 3.63) is 18.2 Å². The van der Waals surface area contributed by atoms with E-state index in [2.05, 4.69) is 33.6 Å². The lowest BCUT2D eigenvalue weighted by atomic mass is 10.2. The van der Waals surface area contributed by atoms with Crippen LogP contribution in [-0.2, 0) is 17.9 Å². The highest BCUT2D eigenvalue weighted by atomic mass is 16.1. The van der Waals surface area contributed by atoms with Crippen LogP contribution >= 0.6 is 0 Å². The molecule has 1 atom stereocenters. The summed E-state index contributed by atoms with van der Waals surface area (Å²) in [6.45, 7) is 7.55. The third kappa shape index (κ3) is 2.85. The molecule has 0 bridgehead atoms. The van der Waals surface area contributed by atoms with Gasteiger partial charge >= 0.3 is 0 Å². The highest BCUT2D eigenvalue weighted by Crippen LogP contribution is 2.10. The smallest absolute Gasteiger partial charge is 0.221 e. The lowest BCUT2D eigenvalue weighted by Gasteiger charge is -2.25. The standard InChI is InChI=1S/C12H20N4O/c1-3-15-7-5-13-11(15)9-16-6-4-12(17)14-8-10(16)2/h5,7,10H,3-4,6,8-9H2,1-2H3,(H,14,17). The predicted molar refractivity (Wildman–Crippen MR) is 65.4 cm³/mol. The number of aryl methyl sites for hydroxylation is 1. The van der Waals surface area contributed by atoms with Crippen LogP contribution in [0.15, 0.2) is 12.4 Å². The van der Waals surface area contributed by atoms with E-state index in [9.17, 15) is 4.79 Å². The predicted octanol–water partition coefficient (Wildman–Crippen LogP) is 0.613. The fraction of sp³-hybridized carbons (Fsp3) is 0.667. The molecule has 0 spiro atoms. The van der Waals surface area contributed by atoms with Crippen molar-refractivity contribution in [2.75, 3.05) is 13.1 Å². The minimum Gasteiger partial charge on any atom is -0.355 e. The van der Waals surface area contributed by atoms with E-state index in [0.29, 0.717) is 12.5 Å². The number of nitrogens with zero attached hydrogens (tertiary/aromatic N) is 3. The van der Waals surface area contributed by atoms with Gasteiger partial charge in [0.1, 0.15) is 5.82 Å². The van der Waals surface area contributed by atoms with Gasteiger partial charge in [-0.2, -0.15) is 0 Å². The third-order valence-corrected chi connectivity index (χ3v) is 3.33. The SMILES string of the molecule is CCn1ccnc1CN1CCC(=O)NCC1C. The monoisotopic (exact) mass is 236 g/mol. The second-order valence-corrected chi connectivity index (χ2v) is 4.50. The molecule has 0 radical (unpaired) electrons. The topological polar surface area (TPSA) is 50.2 Å². The van der Waals surface area contributed by atoms with Crippen LogP contribution in [0.2, 0.25) is 0 Å². The van der Waals surface area contributed by atoms with Gasteiger partial charge < -0.3 is 9.88 Å². The van der Waals surface area contributed by atoms with Crippen molar-refractivity contribution >= 4 is 5.91 Å². The Morgan fingerprint density at radius 3 is 3.18 bits per heavy atom. The normalized spacial score (nSPS) is 22.2. The maximum Gasteiger partial charge on any atom is 0.221 e. The van der Waals surface area contributed by atoms with Crippen LogP contribution in [0.25, 0.3) is 0 Å². The number of carbonyl (C=O) groups excluding carboxylic acids is 1. The fourth-order valence-electron chi connectivity index (χ4n) is 2.14. The van der Waals surface area contributed by atoms with Crippen molar-refractivity contribution in [1.82, 2.24) is 19.8 Å². The van der Waals surface area contributed by atoms with E-state index in [1.54, 1.807) is 0 Å². The Hall–Kier alpha value is -1.36. The fourth-order valence-corrected chi connectivity index (χ4v) is 2.14. The molecule has 1 N–H and O–H groups in total. The molecule has 2 rings (SSSR count). The van der Waals surface area contributed by atoms with Crippen LogP contribution in [0.4, 0.5) is 0 Å². The summed E-state index contributed by atoms with van der Waals surface area (Å²) in [5.74, 6) is 1.23. The molecule has 1 aromatic heterocycles. The quantitative estimate of drug-likeness (QED) is 0.836. The van der Waals surface area contributed by atoms with Gasteiger partial charge in [0.15, 0.2) is 0 Å². The van der Waals surface area contributed by atoms with Crippen molar-refractivity contribution in [3.8, 4) is 0 Å². The first-order valence-electron chi connectivity index (χ1n) is 6.21. The maximum atomic E-state index is 11.3. The summed E-state index contributed by atoms with van der Waals surface area (Å²) < 4.78 is 2.15. The van der Waals surface area contributed by atoms with Crippen LogP contribution in [-0.4, -0.2) is 39.5 Å². The molecule has 5 nitrogen and oxygen atoms in total. The molecule has 0 aliphatic carbocycles. The molecule has 1 unspecified atom stereocenters. The van der Waals surface area contributed by atoms with Gasteiger partial charge in [-0.15, -0.1) is 0 Å². The molecule has 0 aromatic carbocycles. The molecule has 1 aliphatic rings. The van der Waals surface area contributed by atoms with Crippen molar-refractivity contribution in [3.63, 3.8) is 0 Å². The maximum absolute atomic E-state index is 11.3. The zero-order chi connectivity index (χ0) is 12.3. The summed E-state index contributed by atoms with van der Waals surface area (Å²) in [6.07, 6.45) is 4.42. The van der Waals surface area contributed by atoms with Crippen molar-refractivity contribution < 1.29 is 4.79 Å². The van der Waals surface area contributed by atoms with Gasteiger partial charge in [0.2, 0.25) is 5.91 Å². The second kappa shape index (κ2) is 5.31. The number of hydrogen-bond acceptors (Lipinski definition) is 3. The zero-order valence-electron chi connectivity index (χ0n) is 10.5. The molecule has 2 heterocycles. The van der Waals surface area contributed by atoms with E-state index in [-0.39, 0.29) is 5.91 Å². The Labute approximate surface area is 102 Å². The number of carbonyl (C=O) groups is 1. The summed E-state index contributed by atoms with van der Waals surface area (Å²) in [4.78, 5) is 18.0. The largest absolute Gasteiger partial charge is 0.355 e. The van der Waals surface area contributed by atoms with Crippen LogP contribution in [0.3, 0.4) is 0 Å². The molecular formula is C12H20N4O. The zero-order valence-corrected chi connectivity index (χ0v) is 10.5. The van der Waals surface area contributed by atoms with Gasteiger partial charge in [-0.1, -0.05) is 0 Å². The summed E-state index contributed by atoms with van der Waals surface area (Å²) in [7, 11) is 0. The van der Waals surface area contributed by atoms with Gasteiger partial charge in [-0.05, 0) is 13.8 Å². The lowest BCUT2D eigenvalue weighted by molar-refractivity contribution is -0.120. The van der Waals surface area contributed by atoms with Crippen LogP contribution in [0, 0.1) is 0 Å². The van der Waals surface area contributed by atoms with Crippen LogP contribution in [0.5, 0.6) is 0 Å².